The monoisotopic (exact) mass is 324 g/mol. The Morgan fingerprint density at radius 1 is 0.955 bits per heavy atom. The van der Waals surface area contributed by atoms with E-state index >= 15 is 0 Å². The molecular weight excluding hydrogens is 310 g/mol. The molecule has 1 aromatic heterocycles. The normalized spacial score (nSPS) is 10.3. The highest BCUT2D eigenvalue weighted by Crippen LogP contribution is 2.11. The average molecular weight is 324 g/mol. The van der Waals surface area contributed by atoms with Crippen molar-refractivity contribution >= 4 is 23.2 Å². The number of nitrogens with one attached hydrogen (secondary N) is 2. The van der Waals surface area contributed by atoms with Crippen LogP contribution in [0.2, 0.25) is 0 Å². The van der Waals surface area contributed by atoms with E-state index in [1.165, 1.54) is 17.4 Å². The van der Waals surface area contributed by atoms with E-state index < -0.39 is 23.1 Å². The van der Waals surface area contributed by atoms with Crippen LogP contribution in [0.15, 0.2) is 35.7 Å². The molecule has 0 fully saturated rings. The van der Waals surface area contributed by atoms with Crippen LogP contribution in [0.5, 0.6) is 0 Å². The molecule has 2 amide bonds. The molecule has 0 aliphatic rings. The van der Waals surface area contributed by atoms with E-state index in [9.17, 15) is 18.4 Å². The van der Waals surface area contributed by atoms with Gasteiger partial charge in [-0.05, 0) is 30.0 Å². The van der Waals surface area contributed by atoms with E-state index in [2.05, 4.69) is 10.6 Å². The predicted molar refractivity (Wildman–Crippen MR) is 80.0 cm³/mol. The molecule has 0 saturated heterocycles. The number of rotatable bonds is 6. The highest BCUT2D eigenvalue weighted by molar-refractivity contribution is 7.12. The minimum atomic E-state index is -0.900. The Morgan fingerprint density at radius 2 is 1.59 bits per heavy atom. The summed E-state index contributed by atoms with van der Waals surface area (Å²) in [5, 5.41) is 6.92. The van der Waals surface area contributed by atoms with Gasteiger partial charge in [0.15, 0.2) is 0 Å². The number of hydrogen-bond acceptors (Lipinski definition) is 3. The second-order valence-corrected chi connectivity index (χ2v) is 5.39. The van der Waals surface area contributed by atoms with E-state index in [0.29, 0.717) is 17.8 Å². The molecule has 116 valence electrons. The SMILES string of the molecule is O=C(NCCCNC(=O)c1c(F)cccc1F)c1cccs1. The van der Waals surface area contributed by atoms with Crippen LogP contribution in [-0.2, 0) is 0 Å². The van der Waals surface area contributed by atoms with E-state index in [1.807, 2.05) is 0 Å². The van der Waals surface area contributed by atoms with Crippen molar-refractivity contribution in [3.63, 3.8) is 0 Å². The smallest absolute Gasteiger partial charge is 0.261 e. The molecule has 0 aliphatic carbocycles. The van der Waals surface area contributed by atoms with Gasteiger partial charge in [-0.3, -0.25) is 9.59 Å². The molecule has 7 heteroatoms. The molecule has 2 rings (SSSR count). The maximum absolute atomic E-state index is 13.4. The quantitative estimate of drug-likeness (QED) is 0.803. The number of benzene rings is 1. The molecule has 0 spiro atoms. The van der Waals surface area contributed by atoms with Gasteiger partial charge in [0, 0.05) is 13.1 Å². The lowest BCUT2D eigenvalue weighted by atomic mass is 10.2. The van der Waals surface area contributed by atoms with Gasteiger partial charge >= 0.3 is 0 Å². The fourth-order valence-corrected chi connectivity index (χ4v) is 2.43. The van der Waals surface area contributed by atoms with Crippen LogP contribution in [0.4, 0.5) is 8.78 Å². The Labute approximate surface area is 130 Å². The molecule has 0 saturated carbocycles. The van der Waals surface area contributed by atoms with Gasteiger partial charge in [0.2, 0.25) is 0 Å². The van der Waals surface area contributed by atoms with Crippen molar-refractivity contribution < 1.29 is 18.4 Å². The van der Waals surface area contributed by atoms with Crippen LogP contribution in [0.25, 0.3) is 0 Å². The summed E-state index contributed by atoms with van der Waals surface area (Å²) in [5.41, 5.74) is -0.592. The number of carbonyl (C=O) groups is 2. The lowest BCUT2D eigenvalue weighted by Gasteiger charge is -2.07. The first-order chi connectivity index (χ1) is 10.6. The third kappa shape index (κ3) is 4.11. The summed E-state index contributed by atoms with van der Waals surface area (Å²) in [6.45, 7) is 0.564. The van der Waals surface area contributed by atoms with Crippen molar-refractivity contribution in [1.29, 1.82) is 0 Å². The lowest BCUT2D eigenvalue weighted by Crippen LogP contribution is -2.30. The Morgan fingerprint density at radius 3 is 2.18 bits per heavy atom. The molecule has 22 heavy (non-hydrogen) atoms. The van der Waals surface area contributed by atoms with Crippen molar-refractivity contribution in [1.82, 2.24) is 10.6 Å². The molecule has 1 aromatic carbocycles. The van der Waals surface area contributed by atoms with Gasteiger partial charge in [-0.2, -0.15) is 0 Å². The van der Waals surface area contributed by atoms with E-state index in [4.69, 9.17) is 0 Å². The zero-order chi connectivity index (χ0) is 15.9. The minimum absolute atomic E-state index is 0.179. The summed E-state index contributed by atoms with van der Waals surface area (Å²) >= 11 is 1.34. The van der Waals surface area contributed by atoms with Crippen LogP contribution < -0.4 is 10.6 Å². The Kier molecular flexibility index (Phi) is 5.60. The average Bonchev–Trinajstić information content (AvgIpc) is 3.00. The van der Waals surface area contributed by atoms with Gasteiger partial charge < -0.3 is 10.6 Å². The Bertz CT molecular complexity index is 639. The summed E-state index contributed by atoms with van der Waals surface area (Å²) in [6.07, 6.45) is 0.457. The molecule has 1 heterocycles. The zero-order valence-corrected chi connectivity index (χ0v) is 12.4. The molecule has 0 radical (unpaired) electrons. The largest absolute Gasteiger partial charge is 0.352 e. The summed E-state index contributed by atoms with van der Waals surface area (Å²) in [6, 6.07) is 6.74. The van der Waals surface area contributed by atoms with Gasteiger partial charge in [0.1, 0.15) is 17.2 Å². The third-order valence-electron chi connectivity index (χ3n) is 2.86. The number of carbonyl (C=O) groups excluding carboxylic acids is 2. The molecule has 0 bridgehead atoms. The second kappa shape index (κ2) is 7.65. The van der Waals surface area contributed by atoms with E-state index in [1.54, 1.807) is 17.5 Å². The minimum Gasteiger partial charge on any atom is -0.352 e. The van der Waals surface area contributed by atoms with Crippen molar-refractivity contribution in [3.8, 4) is 0 Å². The van der Waals surface area contributed by atoms with E-state index in [-0.39, 0.29) is 12.5 Å². The highest BCUT2D eigenvalue weighted by atomic mass is 32.1. The fraction of sp³-hybridized carbons (Fsp3) is 0.200. The van der Waals surface area contributed by atoms with Crippen LogP contribution >= 0.6 is 11.3 Å². The van der Waals surface area contributed by atoms with Gasteiger partial charge in [-0.15, -0.1) is 11.3 Å². The van der Waals surface area contributed by atoms with Crippen molar-refractivity contribution in [2.24, 2.45) is 0 Å². The van der Waals surface area contributed by atoms with Crippen molar-refractivity contribution in [2.45, 2.75) is 6.42 Å². The van der Waals surface area contributed by atoms with E-state index in [0.717, 1.165) is 12.1 Å². The van der Waals surface area contributed by atoms with Gasteiger partial charge in [-0.25, -0.2) is 8.78 Å². The first-order valence-electron chi connectivity index (χ1n) is 6.63. The van der Waals surface area contributed by atoms with Gasteiger partial charge in [0.25, 0.3) is 11.8 Å². The molecule has 0 atom stereocenters. The zero-order valence-electron chi connectivity index (χ0n) is 11.6. The first kappa shape index (κ1) is 16.1. The summed E-state index contributed by atoms with van der Waals surface area (Å²) in [4.78, 5) is 23.9. The number of halogens is 2. The first-order valence-corrected chi connectivity index (χ1v) is 7.51. The van der Waals surface area contributed by atoms with Crippen LogP contribution in [0, 0.1) is 11.6 Å². The summed E-state index contributed by atoms with van der Waals surface area (Å²) < 4.78 is 26.8. The Balaban J connectivity index is 1.73. The summed E-state index contributed by atoms with van der Waals surface area (Å²) in [5.74, 6) is -2.78. The molecule has 4 nitrogen and oxygen atoms in total. The standard InChI is InChI=1S/C15H14F2N2O2S/c16-10-4-1-5-11(17)13(10)15(21)19-8-3-7-18-14(20)12-6-2-9-22-12/h1-2,4-6,9H,3,7-8H2,(H,18,20)(H,19,21). The van der Waals surface area contributed by atoms with Gasteiger partial charge in [0.05, 0.1) is 4.88 Å². The molecule has 2 aromatic rings. The van der Waals surface area contributed by atoms with Gasteiger partial charge in [-0.1, -0.05) is 12.1 Å². The highest BCUT2D eigenvalue weighted by Gasteiger charge is 2.16. The molecule has 0 unspecified atom stereocenters. The summed E-state index contributed by atoms with van der Waals surface area (Å²) in [7, 11) is 0. The maximum atomic E-state index is 13.4. The molecule has 0 aliphatic heterocycles. The topological polar surface area (TPSA) is 58.2 Å². The number of amides is 2. The maximum Gasteiger partial charge on any atom is 0.261 e. The van der Waals surface area contributed by atoms with Crippen molar-refractivity contribution in [2.75, 3.05) is 13.1 Å². The lowest BCUT2D eigenvalue weighted by molar-refractivity contribution is 0.0945. The number of thiophene rings is 1. The third-order valence-corrected chi connectivity index (χ3v) is 3.73. The molecular formula is C15H14F2N2O2S. The predicted octanol–water partition coefficient (Wildman–Crippen LogP) is 2.58. The van der Waals surface area contributed by atoms with Crippen molar-refractivity contribution in [3.05, 3.63) is 57.8 Å². The molecule has 2 N–H and O–H groups in total. The van der Waals surface area contributed by atoms with Crippen LogP contribution in [0.3, 0.4) is 0 Å². The number of hydrogen-bond donors (Lipinski definition) is 2. The van der Waals surface area contributed by atoms with Crippen LogP contribution in [-0.4, -0.2) is 24.9 Å². The Hall–Kier alpha value is -2.28. The second-order valence-electron chi connectivity index (χ2n) is 4.44. The fourth-order valence-electron chi connectivity index (χ4n) is 1.79. The van der Waals surface area contributed by atoms with Crippen LogP contribution in [0.1, 0.15) is 26.5 Å².